The fraction of sp³-hybridized carbons (Fsp3) is 0.619. The zero-order valence-corrected chi connectivity index (χ0v) is 16.7. The van der Waals surface area contributed by atoms with E-state index in [9.17, 15) is 9.18 Å². The van der Waals surface area contributed by atoms with Crippen LogP contribution in [0.1, 0.15) is 38.3 Å². The van der Waals surface area contributed by atoms with E-state index < -0.39 is 0 Å². The molecule has 0 bridgehead atoms. The number of hydrogen-bond acceptors (Lipinski definition) is 4. The Labute approximate surface area is 165 Å². The SMILES string of the molecule is CC(C)CN1CCN(CCN2CCC(c3noc4cc(F)ccc34)CC2)C1=O. The Bertz CT molecular complexity index is 829. The lowest BCUT2D eigenvalue weighted by Gasteiger charge is -2.32. The van der Waals surface area contributed by atoms with Crippen molar-refractivity contribution in [2.45, 2.75) is 32.6 Å². The highest BCUT2D eigenvalue weighted by Crippen LogP contribution is 2.32. The third kappa shape index (κ3) is 3.99. The molecule has 0 N–H and O–H groups in total. The van der Waals surface area contributed by atoms with E-state index in [2.05, 4.69) is 23.9 Å². The summed E-state index contributed by atoms with van der Waals surface area (Å²) in [6.45, 7) is 10.5. The molecule has 2 saturated heterocycles. The van der Waals surface area contributed by atoms with Gasteiger partial charge < -0.3 is 19.2 Å². The molecule has 3 heterocycles. The number of carbonyl (C=O) groups excluding carboxylic acids is 1. The van der Waals surface area contributed by atoms with E-state index in [1.165, 1.54) is 12.1 Å². The van der Waals surface area contributed by atoms with E-state index in [1.54, 1.807) is 6.07 Å². The van der Waals surface area contributed by atoms with Crippen molar-refractivity contribution in [1.82, 2.24) is 19.9 Å². The highest BCUT2D eigenvalue weighted by atomic mass is 19.1. The number of carbonyl (C=O) groups is 1. The van der Waals surface area contributed by atoms with Crippen LogP contribution in [0, 0.1) is 11.7 Å². The van der Waals surface area contributed by atoms with Crippen molar-refractivity contribution in [1.29, 1.82) is 0 Å². The first-order valence-corrected chi connectivity index (χ1v) is 10.3. The van der Waals surface area contributed by atoms with Gasteiger partial charge in [-0.25, -0.2) is 9.18 Å². The molecule has 0 spiro atoms. The van der Waals surface area contributed by atoms with Gasteiger partial charge in [0.25, 0.3) is 0 Å². The summed E-state index contributed by atoms with van der Waals surface area (Å²) in [7, 11) is 0. The van der Waals surface area contributed by atoms with E-state index in [1.807, 2.05) is 9.80 Å². The minimum absolute atomic E-state index is 0.185. The van der Waals surface area contributed by atoms with Crippen molar-refractivity contribution in [3.8, 4) is 0 Å². The highest BCUT2D eigenvalue weighted by Gasteiger charge is 2.30. The maximum atomic E-state index is 13.3. The zero-order valence-electron chi connectivity index (χ0n) is 16.7. The normalized spacial score (nSPS) is 19.5. The van der Waals surface area contributed by atoms with Gasteiger partial charge in [0.2, 0.25) is 0 Å². The van der Waals surface area contributed by atoms with Gasteiger partial charge >= 0.3 is 6.03 Å². The van der Waals surface area contributed by atoms with Gasteiger partial charge in [-0.15, -0.1) is 0 Å². The number of likely N-dealkylation sites (tertiary alicyclic amines) is 1. The van der Waals surface area contributed by atoms with E-state index in [0.29, 0.717) is 17.4 Å². The monoisotopic (exact) mass is 388 g/mol. The predicted octanol–water partition coefficient (Wildman–Crippen LogP) is 3.54. The molecule has 2 fully saturated rings. The summed E-state index contributed by atoms with van der Waals surface area (Å²) >= 11 is 0. The van der Waals surface area contributed by atoms with E-state index in [0.717, 1.165) is 69.7 Å². The van der Waals surface area contributed by atoms with Crippen molar-refractivity contribution < 1.29 is 13.7 Å². The number of rotatable bonds is 6. The van der Waals surface area contributed by atoms with Gasteiger partial charge in [-0.2, -0.15) is 0 Å². The summed E-state index contributed by atoms with van der Waals surface area (Å²) in [6, 6.07) is 4.82. The second kappa shape index (κ2) is 8.07. The molecule has 0 saturated carbocycles. The summed E-state index contributed by atoms with van der Waals surface area (Å²) < 4.78 is 18.7. The van der Waals surface area contributed by atoms with Crippen molar-refractivity contribution in [3.63, 3.8) is 0 Å². The van der Waals surface area contributed by atoms with Crippen LogP contribution in [0.5, 0.6) is 0 Å². The van der Waals surface area contributed by atoms with E-state index in [-0.39, 0.29) is 11.8 Å². The smallest absolute Gasteiger partial charge is 0.320 e. The number of halogens is 1. The summed E-state index contributed by atoms with van der Waals surface area (Å²) in [5.74, 6) is 0.554. The molecule has 6 nitrogen and oxygen atoms in total. The molecule has 1 aromatic carbocycles. The number of urea groups is 1. The lowest BCUT2D eigenvalue weighted by Crippen LogP contribution is -2.41. The average molecular weight is 388 g/mol. The minimum Gasteiger partial charge on any atom is -0.356 e. The molecule has 1 aromatic heterocycles. The second-order valence-corrected chi connectivity index (χ2v) is 8.43. The van der Waals surface area contributed by atoms with Crippen LogP contribution in [0.3, 0.4) is 0 Å². The number of benzene rings is 1. The molecule has 2 aromatic rings. The molecular weight excluding hydrogens is 359 g/mol. The molecule has 0 radical (unpaired) electrons. The molecule has 7 heteroatoms. The van der Waals surface area contributed by atoms with Gasteiger partial charge in [-0.1, -0.05) is 19.0 Å². The Balaban J connectivity index is 1.27. The standard InChI is InChI=1S/C21H29FN4O2/c1-15(2)14-26-12-11-25(21(26)27)10-9-24-7-5-16(6-8-24)20-18-4-3-17(22)13-19(18)28-23-20/h3-4,13,15-16H,5-12,14H2,1-2H3. The maximum absolute atomic E-state index is 13.3. The number of hydrogen-bond donors (Lipinski definition) is 0. The number of fused-ring (bicyclic) bond motifs is 1. The predicted molar refractivity (Wildman–Crippen MR) is 106 cm³/mol. The average Bonchev–Trinajstić information content (AvgIpc) is 3.24. The third-order valence-corrected chi connectivity index (χ3v) is 5.89. The Hall–Kier alpha value is -2.15. The van der Waals surface area contributed by atoms with Crippen molar-refractivity contribution in [3.05, 3.63) is 29.7 Å². The molecule has 0 aliphatic carbocycles. The topological polar surface area (TPSA) is 52.8 Å². The Morgan fingerprint density at radius 3 is 2.64 bits per heavy atom. The fourth-order valence-corrected chi connectivity index (χ4v) is 4.37. The van der Waals surface area contributed by atoms with Gasteiger partial charge in [0.1, 0.15) is 5.82 Å². The minimum atomic E-state index is -0.298. The molecule has 0 unspecified atom stereocenters. The Morgan fingerprint density at radius 2 is 1.89 bits per heavy atom. The number of nitrogens with zero attached hydrogens (tertiary/aromatic N) is 4. The molecular formula is C21H29FN4O2. The number of amides is 2. The van der Waals surface area contributed by atoms with Crippen molar-refractivity contribution >= 4 is 17.0 Å². The summed E-state index contributed by atoms with van der Waals surface area (Å²) in [6.07, 6.45) is 2.01. The van der Waals surface area contributed by atoms with Gasteiger partial charge in [0.05, 0.1) is 5.69 Å². The van der Waals surface area contributed by atoms with Crippen molar-refractivity contribution in [2.75, 3.05) is 45.8 Å². The van der Waals surface area contributed by atoms with Crippen molar-refractivity contribution in [2.24, 2.45) is 5.92 Å². The van der Waals surface area contributed by atoms with E-state index in [4.69, 9.17) is 4.52 Å². The van der Waals surface area contributed by atoms with Crippen LogP contribution < -0.4 is 0 Å². The fourth-order valence-electron chi connectivity index (χ4n) is 4.37. The quantitative estimate of drug-likeness (QED) is 0.760. The molecule has 2 aliphatic rings. The van der Waals surface area contributed by atoms with Crippen LogP contribution in [-0.2, 0) is 0 Å². The number of aromatic nitrogens is 1. The molecule has 0 atom stereocenters. The van der Waals surface area contributed by atoms with Gasteiger partial charge in [0.15, 0.2) is 5.58 Å². The van der Waals surface area contributed by atoms with Crippen LogP contribution in [0.4, 0.5) is 9.18 Å². The van der Waals surface area contributed by atoms with Crippen LogP contribution in [-0.4, -0.2) is 71.7 Å². The van der Waals surface area contributed by atoms with Gasteiger partial charge in [-0.3, -0.25) is 0 Å². The summed E-state index contributed by atoms with van der Waals surface area (Å²) in [4.78, 5) is 18.8. The first kappa shape index (κ1) is 19.2. The molecule has 4 rings (SSSR count). The van der Waals surface area contributed by atoms with Crippen LogP contribution in [0.25, 0.3) is 11.0 Å². The summed E-state index contributed by atoms with van der Waals surface area (Å²) in [5.41, 5.74) is 1.48. The Morgan fingerprint density at radius 1 is 1.14 bits per heavy atom. The first-order chi connectivity index (χ1) is 13.5. The molecule has 2 amide bonds. The van der Waals surface area contributed by atoms with Crippen LogP contribution in [0.15, 0.2) is 22.7 Å². The molecule has 28 heavy (non-hydrogen) atoms. The zero-order chi connectivity index (χ0) is 19.7. The number of piperidine rings is 1. The lowest BCUT2D eigenvalue weighted by atomic mass is 9.91. The van der Waals surface area contributed by atoms with Crippen LogP contribution in [0.2, 0.25) is 0 Å². The van der Waals surface area contributed by atoms with E-state index >= 15 is 0 Å². The maximum Gasteiger partial charge on any atom is 0.320 e. The summed E-state index contributed by atoms with van der Waals surface area (Å²) in [5, 5.41) is 5.14. The molecule has 152 valence electrons. The molecule has 2 aliphatic heterocycles. The lowest BCUT2D eigenvalue weighted by molar-refractivity contribution is 0.168. The Kier molecular flexibility index (Phi) is 5.53. The highest BCUT2D eigenvalue weighted by molar-refractivity contribution is 5.80. The van der Waals surface area contributed by atoms with Gasteiger partial charge in [0, 0.05) is 50.1 Å². The first-order valence-electron chi connectivity index (χ1n) is 10.3. The third-order valence-electron chi connectivity index (χ3n) is 5.89. The van der Waals surface area contributed by atoms with Gasteiger partial charge in [-0.05, 0) is 44.0 Å². The second-order valence-electron chi connectivity index (χ2n) is 8.43. The van der Waals surface area contributed by atoms with Crippen LogP contribution >= 0.6 is 0 Å². The largest absolute Gasteiger partial charge is 0.356 e.